The molecule has 0 radical (unpaired) electrons. The van der Waals surface area contributed by atoms with Crippen molar-refractivity contribution in [2.75, 3.05) is 23.0 Å². The summed E-state index contributed by atoms with van der Waals surface area (Å²) in [6, 6.07) is 9.02. The maximum atomic E-state index is 13.8. The highest BCUT2D eigenvalue weighted by Gasteiger charge is 2.65. The summed E-state index contributed by atoms with van der Waals surface area (Å²) in [5, 5.41) is 27.0. The van der Waals surface area contributed by atoms with E-state index in [2.05, 4.69) is 20.4 Å². The van der Waals surface area contributed by atoms with Gasteiger partial charge in [-0.1, -0.05) is 35.6 Å². The normalized spacial score (nSPS) is 24.0. The molecule has 7 N–H and O–H groups in total. The van der Waals surface area contributed by atoms with Gasteiger partial charge in [0.2, 0.25) is 0 Å². The average molecular weight is 628 g/mol. The van der Waals surface area contributed by atoms with Crippen LogP contribution in [0.25, 0.3) is 0 Å². The van der Waals surface area contributed by atoms with Gasteiger partial charge in [-0.05, 0) is 19.1 Å². The number of β-lactam (4-membered cyclic amide) rings is 1. The number of rotatable bonds is 9. The van der Waals surface area contributed by atoms with Gasteiger partial charge in [-0.25, -0.2) is 14.8 Å². The first-order chi connectivity index (χ1) is 20.1. The highest BCUT2D eigenvalue weighted by molar-refractivity contribution is 8.00. The second-order valence-corrected chi connectivity index (χ2v) is 11.4. The number of thioether (sulfide) groups is 1. The number of fused-ring (bicyclic) bond motifs is 1. The third kappa shape index (κ3) is 4.93. The van der Waals surface area contributed by atoms with E-state index in [4.69, 9.17) is 33.9 Å². The zero-order valence-electron chi connectivity index (χ0n) is 22.0. The largest absolute Gasteiger partial charge is 0.477 e. The minimum absolute atomic E-state index is 0.0201. The molecule has 0 spiro atoms. The molecule has 3 aliphatic heterocycles. The van der Waals surface area contributed by atoms with Crippen LogP contribution < -0.4 is 21.7 Å². The zero-order valence-corrected chi connectivity index (χ0v) is 24.5. The molecule has 5 rings (SSSR count). The van der Waals surface area contributed by atoms with Crippen molar-refractivity contribution >= 4 is 86.7 Å². The molecule has 1 saturated heterocycles. The highest BCUT2D eigenvalue weighted by Crippen LogP contribution is 2.46. The minimum Gasteiger partial charge on any atom is -0.477 e. The predicted molar refractivity (Wildman–Crippen MR) is 164 cm³/mol. The molecule has 42 heavy (non-hydrogen) atoms. The van der Waals surface area contributed by atoms with Crippen LogP contribution in [0.4, 0.5) is 10.8 Å². The molecular formula is C25H25N9O5S3. The number of carboxylic acid groups (broad SMARTS) is 1. The van der Waals surface area contributed by atoms with Crippen LogP contribution in [-0.2, 0) is 19.2 Å². The fourth-order valence-corrected chi connectivity index (χ4v) is 7.13. The Kier molecular flexibility index (Phi) is 8.09. The van der Waals surface area contributed by atoms with Crippen LogP contribution in [0, 0.1) is 5.41 Å². The van der Waals surface area contributed by atoms with Crippen LogP contribution in [0.2, 0.25) is 0 Å². The van der Waals surface area contributed by atoms with Gasteiger partial charge in [-0.3, -0.25) is 19.9 Å². The quantitative estimate of drug-likeness (QED) is 0.115. The lowest BCUT2D eigenvalue weighted by Gasteiger charge is -2.55. The number of oxime groups is 1. The number of nitrogens with two attached hydrogens (primary N) is 2. The lowest BCUT2D eigenvalue weighted by Crippen LogP contribution is -2.81. The summed E-state index contributed by atoms with van der Waals surface area (Å²) in [5.41, 5.74) is 10.9. The number of amidine groups is 2. The molecule has 0 bridgehead atoms. The predicted octanol–water partition coefficient (Wildman–Crippen LogP) is 1.15. The van der Waals surface area contributed by atoms with E-state index in [0.29, 0.717) is 5.69 Å². The summed E-state index contributed by atoms with van der Waals surface area (Å²) in [7, 11) is 0. The summed E-state index contributed by atoms with van der Waals surface area (Å²) in [4.78, 5) is 56.1. The van der Waals surface area contributed by atoms with Crippen molar-refractivity contribution in [3.05, 3.63) is 52.7 Å². The number of amides is 2. The Morgan fingerprint density at radius 1 is 1.36 bits per heavy atom. The fraction of sp³-hybridized carbons (Fsp3) is 0.280. The van der Waals surface area contributed by atoms with Crippen molar-refractivity contribution in [1.82, 2.24) is 15.2 Å². The number of nitrogens with zero attached hydrogens (tertiary/aromatic N) is 5. The Hall–Kier alpha value is -4.19. The number of nitrogens with one attached hydrogen (secondary N) is 2. The number of aromatic nitrogens is 1. The maximum Gasteiger partial charge on any atom is 0.353 e. The van der Waals surface area contributed by atoms with Crippen molar-refractivity contribution in [2.45, 2.75) is 30.4 Å². The van der Waals surface area contributed by atoms with E-state index in [0.717, 1.165) is 21.6 Å². The molecule has 1 aromatic heterocycles. The van der Waals surface area contributed by atoms with Crippen LogP contribution in [-0.4, -0.2) is 85.0 Å². The third-order valence-electron chi connectivity index (χ3n) is 6.59. The van der Waals surface area contributed by atoms with Crippen LogP contribution in [0.5, 0.6) is 0 Å². The molecule has 14 nitrogen and oxygen atoms in total. The molecule has 2 unspecified atom stereocenters. The number of hydrogen-bond donors (Lipinski definition) is 5. The Morgan fingerprint density at radius 2 is 2.10 bits per heavy atom. The number of carbonyl (C=O) groups excluding carboxylic acids is 2. The number of nitrogen functional groups attached to an aromatic ring is 1. The maximum absolute atomic E-state index is 13.8. The average Bonchev–Trinajstić information content (AvgIpc) is 3.40. The first kappa shape index (κ1) is 29.3. The first-order valence-corrected chi connectivity index (χ1v) is 14.9. The van der Waals surface area contributed by atoms with E-state index >= 15 is 0 Å². The Bertz CT molecular complexity index is 1570. The number of carbonyl (C=O) groups is 3. The van der Waals surface area contributed by atoms with Gasteiger partial charge in [0.25, 0.3) is 11.8 Å². The highest BCUT2D eigenvalue weighted by atomic mass is 32.2. The van der Waals surface area contributed by atoms with Crippen molar-refractivity contribution < 1.29 is 24.3 Å². The molecule has 3 aliphatic rings. The van der Waals surface area contributed by atoms with Gasteiger partial charge in [0.1, 0.15) is 35.0 Å². The number of anilines is 2. The van der Waals surface area contributed by atoms with Gasteiger partial charge >= 0.3 is 5.97 Å². The Morgan fingerprint density at radius 3 is 2.71 bits per heavy atom. The number of para-hydroxylation sites is 1. The lowest BCUT2D eigenvalue weighted by molar-refractivity contribution is -0.153. The summed E-state index contributed by atoms with van der Waals surface area (Å²) < 4.78 is 0. The molecule has 1 fully saturated rings. The summed E-state index contributed by atoms with van der Waals surface area (Å²) in [6.45, 7) is 1.85. The molecule has 0 aliphatic carbocycles. The number of carboxylic acids is 1. The van der Waals surface area contributed by atoms with Crippen LogP contribution >= 0.6 is 35.3 Å². The molecule has 1 aromatic carbocycles. The molecule has 0 saturated carbocycles. The number of thiazole rings is 1. The smallest absolute Gasteiger partial charge is 0.353 e. The standard InChI is InChI=1S/C25H25N9O5S3/c1-2-39-32-17(14-10-42-24(28)29-14)20(35)31-25(11-40)22(38)34-18(21(36)37)13(9-41-23(25)34)19-30-15(26)8-16(27)33(19)12-6-4-3-5-7-12/h3-7,10-11,16,23,26H,2,8-9,27H2,1H3,(H2,28,29)(H,31,35)(H,36,37)/t16?,23-,25?/m0/s1. The third-order valence-corrected chi connectivity index (χ3v) is 8.99. The zero-order chi connectivity index (χ0) is 30.2. The molecule has 218 valence electrons. The van der Waals surface area contributed by atoms with Gasteiger partial charge < -0.3 is 31.6 Å². The molecule has 4 heterocycles. The van der Waals surface area contributed by atoms with E-state index in [-0.39, 0.29) is 58.3 Å². The molecule has 2 amide bonds. The van der Waals surface area contributed by atoms with E-state index in [9.17, 15) is 19.5 Å². The van der Waals surface area contributed by atoms with E-state index < -0.39 is 34.9 Å². The van der Waals surface area contributed by atoms with Crippen LogP contribution in [0.15, 0.2) is 57.1 Å². The van der Waals surface area contributed by atoms with Crippen molar-refractivity contribution in [2.24, 2.45) is 15.9 Å². The number of thiocarbonyl (C=S) groups is 1. The second-order valence-electron chi connectivity index (χ2n) is 9.20. The number of benzene rings is 1. The Labute approximate surface area is 253 Å². The van der Waals surface area contributed by atoms with Crippen LogP contribution in [0.3, 0.4) is 0 Å². The summed E-state index contributed by atoms with van der Waals surface area (Å²) >= 11 is 7.51. The molecule has 17 heteroatoms. The van der Waals surface area contributed by atoms with Gasteiger partial charge in [0, 0.05) is 34.2 Å². The SMILES string of the molecule is CCON=C(C(=O)NC1(C=S)C(=O)N2C(C(=O)O)=C(C3=NC(=N)CC(N)N3c3ccccc3)CS[C@H]21)c1csc(N)n1. The van der Waals surface area contributed by atoms with Crippen molar-refractivity contribution in [3.8, 4) is 0 Å². The monoisotopic (exact) mass is 627 g/mol. The number of hydrogen-bond acceptors (Lipinski definition) is 13. The van der Waals surface area contributed by atoms with E-state index in [1.807, 2.05) is 6.07 Å². The Balaban J connectivity index is 1.52. The van der Waals surface area contributed by atoms with Gasteiger partial charge in [0.05, 0.1) is 6.17 Å². The van der Waals surface area contributed by atoms with E-state index in [1.165, 1.54) is 17.1 Å². The van der Waals surface area contributed by atoms with Gasteiger partial charge in [-0.2, -0.15) is 0 Å². The molecular weight excluding hydrogens is 603 g/mol. The molecule has 3 atom stereocenters. The number of aliphatic carboxylic acids is 1. The van der Waals surface area contributed by atoms with Crippen molar-refractivity contribution in [3.63, 3.8) is 0 Å². The number of aliphatic imine (C=N–C) groups is 1. The fourth-order valence-electron chi connectivity index (χ4n) is 4.77. The van der Waals surface area contributed by atoms with Crippen LogP contribution in [0.1, 0.15) is 19.0 Å². The minimum atomic E-state index is -1.73. The topological polar surface area (TPSA) is 213 Å². The lowest BCUT2D eigenvalue weighted by atomic mass is 9.87. The summed E-state index contributed by atoms with van der Waals surface area (Å²) in [6.07, 6.45) is -0.546. The molecule has 2 aromatic rings. The van der Waals surface area contributed by atoms with Gasteiger partial charge in [-0.15, -0.1) is 23.1 Å². The van der Waals surface area contributed by atoms with Crippen molar-refractivity contribution in [1.29, 1.82) is 5.41 Å². The van der Waals surface area contributed by atoms with Gasteiger partial charge in [0.15, 0.2) is 16.4 Å². The first-order valence-electron chi connectivity index (χ1n) is 12.5. The van der Waals surface area contributed by atoms with E-state index in [1.54, 1.807) is 36.1 Å². The summed E-state index contributed by atoms with van der Waals surface area (Å²) in [5.74, 6) is -2.73. The second kappa shape index (κ2) is 11.6.